The maximum atomic E-state index is 10.2. The largest absolute Gasteiger partial charge is 0.438 e. The standard InChI is InChI=1S/C4H5NO2/c1-3-4(6)7-2-5-3/h2H2,1H3. The minimum absolute atomic E-state index is 0.213. The van der Waals surface area contributed by atoms with Gasteiger partial charge in [-0.2, -0.15) is 0 Å². The number of rotatable bonds is 0. The van der Waals surface area contributed by atoms with E-state index in [2.05, 4.69) is 9.73 Å². The van der Waals surface area contributed by atoms with Crippen LogP contribution in [-0.2, 0) is 9.53 Å². The summed E-state index contributed by atoms with van der Waals surface area (Å²) >= 11 is 0. The molecule has 0 N–H and O–H groups in total. The van der Waals surface area contributed by atoms with Crippen LogP contribution >= 0.6 is 0 Å². The van der Waals surface area contributed by atoms with Gasteiger partial charge < -0.3 is 4.74 Å². The molecule has 0 spiro atoms. The van der Waals surface area contributed by atoms with E-state index in [1.165, 1.54) is 0 Å². The average Bonchev–Trinajstić information content (AvgIpc) is 1.91. The molecule has 0 radical (unpaired) electrons. The molecule has 0 aliphatic carbocycles. The summed E-state index contributed by atoms with van der Waals surface area (Å²) in [5, 5.41) is 0. The highest BCUT2D eigenvalue weighted by atomic mass is 16.5. The Labute approximate surface area is 41.0 Å². The lowest BCUT2D eigenvalue weighted by Crippen LogP contribution is -2.04. The van der Waals surface area contributed by atoms with Crippen LogP contribution in [0.3, 0.4) is 0 Å². The van der Waals surface area contributed by atoms with Crippen molar-refractivity contribution in [3.63, 3.8) is 0 Å². The van der Waals surface area contributed by atoms with Crippen LogP contribution in [0.4, 0.5) is 0 Å². The van der Waals surface area contributed by atoms with Crippen molar-refractivity contribution < 1.29 is 9.53 Å². The van der Waals surface area contributed by atoms with E-state index in [0.717, 1.165) is 0 Å². The highest BCUT2D eigenvalue weighted by molar-refractivity contribution is 6.36. The lowest BCUT2D eigenvalue weighted by molar-refractivity contribution is -0.133. The summed E-state index contributed by atoms with van der Waals surface area (Å²) in [5.74, 6) is -0.292. The van der Waals surface area contributed by atoms with Crippen molar-refractivity contribution in [1.29, 1.82) is 0 Å². The number of esters is 1. The second kappa shape index (κ2) is 1.33. The molecule has 0 aromatic heterocycles. The van der Waals surface area contributed by atoms with Gasteiger partial charge in [0, 0.05) is 0 Å². The van der Waals surface area contributed by atoms with Gasteiger partial charge in [0.2, 0.25) is 0 Å². The third kappa shape index (κ3) is 0.607. The molecule has 0 fully saturated rings. The molecular weight excluding hydrogens is 94.0 g/mol. The number of cyclic esters (lactones) is 1. The van der Waals surface area contributed by atoms with E-state index in [9.17, 15) is 4.79 Å². The number of ether oxygens (including phenoxy) is 1. The van der Waals surface area contributed by atoms with Crippen molar-refractivity contribution >= 4 is 11.7 Å². The minimum atomic E-state index is -0.292. The van der Waals surface area contributed by atoms with Crippen molar-refractivity contribution in [1.82, 2.24) is 0 Å². The summed E-state index contributed by atoms with van der Waals surface area (Å²) in [6.07, 6.45) is 0. The van der Waals surface area contributed by atoms with Gasteiger partial charge in [-0.3, -0.25) is 0 Å². The number of carbonyl (C=O) groups is 1. The smallest absolute Gasteiger partial charge is 0.353 e. The van der Waals surface area contributed by atoms with E-state index in [-0.39, 0.29) is 12.7 Å². The Balaban J connectivity index is 2.72. The van der Waals surface area contributed by atoms with Crippen molar-refractivity contribution in [3.05, 3.63) is 0 Å². The minimum Gasteiger partial charge on any atom is -0.438 e. The van der Waals surface area contributed by atoms with Crippen molar-refractivity contribution in [2.45, 2.75) is 6.92 Å². The van der Waals surface area contributed by atoms with E-state index >= 15 is 0 Å². The Morgan fingerprint density at radius 1 is 1.86 bits per heavy atom. The molecule has 0 bridgehead atoms. The lowest BCUT2D eigenvalue weighted by Gasteiger charge is -1.82. The number of hydrogen-bond acceptors (Lipinski definition) is 3. The first-order chi connectivity index (χ1) is 3.30. The summed E-state index contributed by atoms with van der Waals surface area (Å²) in [6.45, 7) is 1.85. The number of hydrogen-bond donors (Lipinski definition) is 0. The van der Waals surface area contributed by atoms with Gasteiger partial charge in [-0.05, 0) is 6.92 Å². The monoisotopic (exact) mass is 99.0 g/mol. The molecule has 38 valence electrons. The van der Waals surface area contributed by atoms with E-state index < -0.39 is 0 Å². The quantitative estimate of drug-likeness (QED) is 0.400. The maximum absolute atomic E-state index is 10.2. The first-order valence-electron chi connectivity index (χ1n) is 1.99. The van der Waals surface area contributed by atoms with Crippen molar-refractivity contribution in [3.8, 4) is 0 Å². The highest BCUT2D eigenvalue weighted by Gasteiger charge is 2.11. The van der Waals surface area contributed by atoms with Crippen LogP contribution in [0.2, 0.25) is 0 Å². The molecular formula is C4H5NO2. The van der Waals surface area contributed by atoms with Gasteiger partial charge in [-0.15, -0.1) is 0 Å². The fourth-order valence-corrected chi connectivity index (χ4v) is 0.357. The molecule has 3 heteroatoms. The zero-order chi connectivity index (χ0) is 5.28. The van der Waals surface area contributed by atoms with Gasteiger partial charge in [-0.25, -0.2) is 9.79 Å². The van der Waals surface area contributed by atoms with Crippen LogP contribution in [0.5, 0.6) is 0 Å². The summed E-state index contributed by atoms with van der Waals surface area (Å²) < 4.78 is 4.42. The summed E-state index contributed by atoms with van der Waals surface area (Å²) in [5.41, 5.74) is 0.472. The van der Waals surface area contributed by atoms with Gasteiger partial charge in [0.15, 0.2) is 6.73 Å². The molecule has 1 aliphatic heterocycles. The predicted octanol–water partition coefficient (Wildman–Crippen LogP) is -0.0384. The molecule has 0 atom stereocenters. The molecule has 3 nitrogen and oxygen atoms in total. The third-order valence-electron chi connectivity index (χ3n) is 0.793. The number of aliphatic imine (C=N–C) groups is 1. The zero-order valence-electron chi connectivity index (χ0n) is 3.97. The van der Waals surface area contributed by atoms with E-state index in [1.54, 1.807) is 6.92 Å². The molecule has 1 rings (SSSR count). The van der Waals surface area contributed by atoms with Crippen LogP contribution in [0.15, 0.2) is 4.99 Å². The van der Waals surface area contributed by atoms with E-state index in [4.69, 9.17) is 0 Å². The Bertz CT molecular complexity index is 128. The summed E-state index contributed by atoms with van der Waals surface area (Å²) in [4.78, 5) is 13.9. The highest BCUT2D eigenvalue weighted by Crippen LogP contribution is 1.92. The molecule has 0 aromatic rings. The Hall–Kier alpha value is -0.860. The summed E-state index contributed by atoms with van der Waals surface area (Å²) in [6, 6.07) is 0. The van der Waals surface area contributed by atoms with Crippen molar-refractivity contribution in [2.24, 2.45) is 4.99 Å². The molecule has 0 aromatic carbocycles. The Kier molecular flexibility index (Phi) is 0.817. The molecule has 0 saturated heterocycles. The SMILES string of the molecule is CC1=NCOC1=O. The topological polar surface area (TPSA) is 38.7 Å². The van der Waals surface area contributed by atoms with Crippen LogP contribution in [0.1, 0.15) is 6.92 Å². The predicted molar refractivity (Wildman–Crippen MR) is 24.1 cm³/mol. The van der Waals surface area contributed by atoms with Crippen molar-refractivity contribution in [2.75, 3.05) is 6.73 Å². The van der Waals surface area contributed by atoms with Gasteiger partial charge in [0.25, 0.3) is 0 Å². The second-order valence-corrected chi connectivity index (χ2v) is 1.30. The van der Waals surface area contributed by atoms with Crippen LogP contribution in [0, 0.1) is 0 Å². The molecule has 7 heavy (non-hydrogen) atoms. The van der Waals surface area contributed by atoms with Crippen LogP contribution < -0.4 is 0 Å². The van der Waals surface area contributed by atoms with E-state index in [1.807, 2.05) is 0 Å². The second-order valence-electron chi connectivity index (χ2n) is 1.30. The molecule has 0 amide bonds. The van der Waals surface area contributed by atoms with Gasteiger partial charge in [-0.1, -0.05) is 0 Å². The lowest BCUT2D eigenvalue weighted by atomic mass is 10.5. The maximum Gasteiger partial charge on any atom is 0.353 e. The fourth-order valence-electron chi connectivity index (χ4n) is 0.357. The van der Waals surface area contributed by atoms with Gasteiger partial charge in [0.1, 0.15) is 5.71 Å². The number of nitrogens with zero attached hydrogens (tertiary/aromatic N) is 1. The summed E-state index contributed by atoms with van der Waals surface area (Å²) in [7, 11) is 0. The Morgan fingerprint density at radius 2 is 2.57 bits per heavy atom. The first kappa shape index (κ1) is 4.30. The first-order valence-corrected chi connectivity index (χ1v) is 1.99. The Morgan fingerprint density at radius 3 is 2.71 bits per heavy atom. The normalized spacial score (nSPS) is 19.0. The molecule has 0 saturated carbocycles. The third-order valence-corrected chi connectivity index (χ3v) is 0.793. The zero-order valence-corrected chi connectivity index (χ0v) is 3.97. The van der Waals surface area contributed by atoms with Crippen LogP contribution in [-0.4, -0.2) is 18.4 Å². The number of carbonyl (C=O) groups excluding carboxylic acids is 1. The fraction of sp³-hybridized carbons (Fsp3) is 0.500. The van der Waals surface area contributed by atoms with Gasteiger partial charge >= 0.3 is 5.97 Å². The van der Waals surface area contributed by atoms with Gasteiger partial charge in [0.05, 0.1) is 0 Å². The molecule has 0 unspecified atom stereocenters. The van der Waals surface area contributed by atoms with Crippen LogP contribution in [0.25, 0.3) is 0 Å². The van der Waals surface area contributed by atoms with E-state index in [0.29, 0.717) is 5.71 Å². The molecule has 1 heterocycles. The molecule has 1 aliphatic rings. The average molecular weight is 99.1 g/mol.